The quantitative estimate of drug-likeness (QED) is 0.678. The smallest absolute Gasteiger partial charge is 0.433 e. The number of aromatic nitrogens is 1. The Morgan fingerprint density at radius 3 is 2.52 bits per heavy atom. The zero-order valence-corrected chi connectivity index (χ0v) is 15.9. The van der Waals surface area contributed by atoms with Gasteiger partial charge in [-0.05, 0) is 29.8 Å². The number of ether oxygens (including phenoxy) is 2. The van der Waals surface area contributed by atoms with Gasteiger partial charge in [0.1, 0.15) is 12.3 Å². The van der Waals surface area contributed by atoms with Crippen molar-refractivity contribution in [2.75, 3.05) is 26.3 Å². The Kier molecular flexibility index (Phi) is 6.20. The van der Waals surface area contributed by atoms with Crippen molar-refractivity contribution in [3.05, 3.63) is 59.4 Å². The van der Waals surface area contributed by atoms with Crippen LogP contribution in [0.5, 0.6) is 0 Å². The van der Waals surface area contributed by atoms with Gasteiger partial charge in [-0.15, -0.1) is 0 Å². The molecule has 3 rings (SSSR count). The standard InChI is InChI=1S/C18H17F3N2O5S/c19-18(20,21)16-5-4-14(11-22-16)17(24)28-12-13-2-1-3-15(10-13)29(25,26)23-6-8-27-9-7-23/h1-5,10-11H,6-9,12H2. The highest BCUT2D eigenvalue weighted by atomic mass is 32.2. The molecule has 1 aliphatic rings. The molecule has 2 aromatic rings. The second-order valence-electron chi connectivity index (χ2n) is 6.17. The third-order valence-electron chi connectivity index (χ3n) is 4.17. The minimum Gasteiger partial charge on any atom is -0.457 e. The summed E-state index contributed by atoms with van der Waals surface area (Å²) in [6.45, 7) is 0.895. The molecule has 0 aliphatic carbocycles. The molecule has 156 valence electrons. The van der Waals surface area contributed by atoms with Gasteiger partial charge in [0.2, 0.25) is 10.0 Å². The van der Waals surface area contributed by atoms with E-state index in [0.29, 0.717) is 24.8 Å². The average Bonchev–Trinajstić information content (AvgIpc) is 2.72. The summed E-state index contributed by atoms with van der Waals surface area (Å²) in [5.41, 5.74) is -0.835. The van der Waals surface area contributed by atoms with Gasteiger partial charge in [0.05, 0.1) is 23.7 Å². The molecule has 1 aliphatic heterocycles. The molecule has 29 heavy (non-hydrogen) atoms. The molecule has 0 saturated carbocycles. The lowest BCUT2D eigenvalue weighted by atomic mass is 10.2. The molecule has 0 unspecified atom stereocenters. The van der Waals surface area contributed by atoms with Crippen LogP contribution in [0.1, 0.15) is 21.6 Å². The van der Waals surface area contributed by atoms with E-state index in [4.69, 9.17) is 9.47 Å². The van der Waals surface area contributed by atoms with Crippen LogP contribution in [0.15, 0.2) is 47.5 Å². The van der Waals surface area contributed by atoms with Gasteiger partial charge < -0.3 is 9.47 Å². The van der Waals surface area contributed by atoms with Gasteiger partial charge >= 0.3 is 12.1 Å². The minimum absolute atomic E-state index is 0.0594. The van der Waals surface area contributed by atoms with Gasteiger partial charge in [0.15, 0.2) is 0 Å². The first-order valence-electron chi connectivity index (χ1n) is 8.55. The second kappa shape index (κ2) is 8.47. The number of hydrogen-bond acceptors (Lipinski definition) is 6. The Morgan fingerprint density at radius 2 is 1.90 bits per heavy atom. The fourth-order valence-electron chi connectivity index (χ4n) is 2.65. The van der Waals surface area contributed by atoms with Gasteiger partial charge in [-0.2, -0.15) is 17.5 Å². The third kappa shape index (κ3) is 5.11. The lowest BCUT2D eigenvalue weighted by Gasteiger charge is -2.26. The lowest BCUT2D eigenvalue weighted by molar-refractivity contribution is -0.141. The number of carbonyl (C=O) groups is 1. The summed E-state index contributed by atoms with van der Waals surface area (Å²) < 4.78 is 74.4. The summed E-state index contributed by atoms with van der Waals surface area (Å²) in [5, 5.41) is 0. The van der Waals surface area contributed by atoms with Crippen LogP contribution in [0.4, 0.5) is 13.2 Å². The largest absolute Gasteiger partial charge is 0.457 e. The lowest BCUT2D eigenvalue weighted by Crippen LogP contribution is -2.40. The molecule has 1 aromatic heterocycles. The molecule has 11 heteroatoms. The molecule has 0 atom stereocenters. The van der Waals surface area contributed by atoms with E-state index < -0.39 is 27.9 Å². The van der Waals surface area contributed by atoms with E-state index in [2.05, 4.69) is 4.98 Å². The van der Waals surface area contributed by atoms with Crippen LogP contribution in [-0.4, -0.2) is 50.0 Å². The second-order valence-corrected chi connectivity index (χ2v) is 8.11. The van der Waals surface area contributed by atoms with Crippen molar-refractivity contribution in [1.29, 1.82) is 0 Å². The molecule has 1 aromatic carbocycles. The number of esters is 1. The predicted molar refractivity (Wildman–Crippen MR) is 94.4 cm³/mol. The van der Waals surface area contributed by atoms with E-state index in [1.165, 1.54) is 22.5 Å². The highest BCUT2D eigenvalue weighted by Gasteiger charge is 2.32. The number of hydrogen-bond donors (Lipinski definition) is 0. The Morgan fingerprint density at radius 1 is 1.17 bits per heavy atom. The highest BCUT2D eigenvalue weighted by molar-refractivity contribution is 7.89. The number of rotatable bonds is 5. The van der Waals surface area contributed by atoms with Crippen LogP contribution < -0.4 is 0 Å². The molecule has 0 amide bonds. The third-order valence-corrected chi connectivity index (χ3v) is 6.06. The Hall–Kier alpha value is -2.50. The molecule has 0 radical (unpaired) electrons. The van der Waals surface area contributed by atoms with Crippen molar-refractivity contribution >= 4 is 16.0 Å². The number of halogens is 3. The summed E-state index contributed by atoms with van der Waals surface area (Å²) in [7, 11) is -3.70. The van der Waals surface area contributed by atoms with E-state index in [0.717, 1.165) is 12.3 Å². The highest BCUT2D eigenvalue weighted by Crippen LogP contribution is 2.27. The van der Waals surface area contributed by atoms with Crippen LogP contribution in [0.3, 0.4) is 0 Å². The van der Waals surface area contributed by atoms with Crippen LogP contribution in [0, 0.1) is 0 Å². The molecular formula is C18H17F3N2O5S. The minimum atomic E-state index is -4.60. The molecule has 2 heterocycles. The molecule has 1 saturated heterocycles. The topological polar surface area (TPSA) is 85.8 Å². The predicted octanol–water partition coefficient (Wildman–Crippen LogP) is 2.48. The number of morpholine rings is 1. The van der Waals surface area contributed by atoms with Crippen molar-refractivity contribution in [2.24, 2.45) is 0 Å². The van der Waals surface area contributed by atoms with E-state index in [-0.39, 0.29) is 30.2 Å². The first-order valence-corrected chi connectivity index (χ1v) is 9.99. The normalized spacial score (nSPS) is 15.8. The number of benzene rings is 1. The zero-order valence-electron chi connectivity index (χ0n) is 15.1. The van der Waals surface area contributed by atoms with E-state index >= 15 is 0 Å². The Balaban J connectivity index is 1.67. The monoisotopic (exact) mass is 430 g/mol. The Bertz CT molecular complexity index is 972. The zero-order chi connectivity index (χ0) is 21.1. The summed E-state index contributed by atoms with van der Waals surface area (Å²) in [5.74, 6) is -0.868. The Labute approximate surface area is 165 Å². The van der Waals surface area contributed by atoms with Gasteiger partial charge in [-0.25, -0.2) is 13.2 Å². The van der Waals surface area contributed by atoms with E-state index in [1.807, 2.05) is 0 Å². The van der Waals surface area contributed by atoms with Gasteiger partial charge in [-0.1, -0.05) is 12.1 Å². The SMILES string of the molecule is O=C(OCc1cccc(S(=O)(=O)N2CCOCC2)c1)c1ccc(C(F)(F)F)nc1. The van der Waals surface area contributed by atoms with Gasteiger partial charge in [0, 0.05) is 19.3 Å². The first-order chi connectivity index (χ1) is 13.7. The summed E-state index contributed by atoms with van der Waals surface area (Å²) in [6, 6.07) is 7.59. The molecule has 7 nitrogen and oxygen atoms in total. The number of carbonyl (C=O) groups excluding carboxylic acids is 1. The van der Waals surface area contributed by atoms with Crippen molar-refractivity contribution in [1.82, 2.24) is 9.29 Å². The molecule has 0 spiro atoms. The molecule has 1 fully saturated rings. The van der Waals surface area contributed by atoms with Crippen molar-refractivity contribution in [3.8, 4) is 0 Å². The molecule has 0 bridgehead atoms. The maximum atomic E-state index is 12.7. The van der Waals surface area contributed by atoms with Crippen molar-refractivity contribution in [2.45, 2.75) is 17.7 Å². The average molecular weight is 430 g/mol. The molecule has 0 N–H and O–H groups in total. The fourth-order valence-corrected chi connectivity index (χ4v) is 4.13. The van der Waals surface area contributed by atoms with E-state index in [1.54, 1.807) is 6.07 Å². The number of pyridine rings is 1. The van der Waals surface area contributed by atoms with Crippen LogP contribution >= 0.6 is 0 Å². The number of sulfonamides is 1. The van der Waals surface area contributed by atoms with Crippen molar-refractivity contribution in [3.63, 3.8) is 0 Å². The summed E-state index contributed by atoms with van der Waals surface area (Å²) in [6.07, 6.45) is -3.82. The molecular weight excluding hydrogens is 413 g/mol. The van der Waals surface area contributed by atoms with Crippen LogP contribution in [0.2, 0.25) is 0 Å². The maximum Gasteiger partial charge on any atom is 0.433 e. The van der Waals surface area contributed by atoms with Gasteiger partial charge in [0.25, 0.3) is 0 Å². The van der Waals surface area contributed by atoms with Crippen LogP contribution in [0.25, 0.3) is 0 Å². The van der Waals surface area contributed by atoms with Gasteiger partial charge in [-0.3, -0.25) is 4.98 Å². The number of nitrogens with zero attached hydrogens (tertiary/aromatic N) is 2. The fraction of sp³-hybridized carbons (Fsp3) is 0.333. The van der Waals surface area contributed by atoms with Crippen LogP contribution in [-0.2, 0) is 32.3 Å². The summed E-state index contributed by atoms with van der Waals surface area (Å²) in [4.78, 5) is 15.3. The van der Waals surface area contributed by atoms with E-state index in [9.17, 15) is 26.4 Å². The summed E-state index contributed by atoms with van der Waals surface area (Å²) >= 11 is 0. The van der Waals surface area contributed by atoms with Crippen molar-refractivity contribution < 1.29 is 35.9 Å². The first kappa shape index (κ1) is 21.2. The maximum absolute atomic E-state index is 12.7. The number of alkyl halides is 3.